The van der Waals surface area contributed by atoms with Crippen LogP contribution in [0.25, 0.3) is 0 Å². The van der Waals surface area contributed by atoms with Crippen molar-refractivity contribution in [3.63, 3.8) is 0 Å². The minimum absolute atomic E-state index is 0.125. The number of aromatic amines is 1. The molecule has 0 aliphatic carbocycles. The first kappa shape index (κ1) is 26.2. The largest absolute Gasteiger partial charge is 0.493 e. The second-order valence-corrected chi connectivity index (χ2v) is 8.44. The molecule has 0 radical (unpaired) electrons. The maximum Gasteiger partial charge on any atom is 0.247 e. The molecule has 1 heterocycles. The van der Waals surface area contributed by atoms with Gasteiger partial charge in [0.15, 0.2) is 11.5 Å². The molecule has 0 aliphatic rings. The van der Waals surface area contributed by atoms with Crippen LogP contribution in [0.15, 0.2) is 85.3 Å². The summed E-state index contributed by atoms with van der Waals surface area (Å²) in [6, 6.07) is 21.3. The van der Waals surface area contributed by atoms with E-state index in [4.69, 9.17) is 20.1 Å². The molecule has 4 aromatic rings. The van der Waals surface area contributed by atoms with Crippen molar-refractivity contribution in [1.29, 1.82) is 5.41 Å². The number of hydrogen-bond donors (Lipinski definition) is 6. The van der Waals surface area contributed by atoms with Gasteiger partial charge >= 0.3 is 0 Å². The number of hydroxylamine groups is 1. The van der Waals surface area contributed by atoms with E-state index in [1.807, 2.05) is 41.9 Å². The summed E-state index contributed by atoms with van der Waals surface area (Å²) in [5.41, 5.74) is 5.62. The number of rotatable bonds is 12. The molecular formula is C28H30N6O4. The molecule has 196 valence electrons. The van der Waals surface area contributed by atoms with Crippen molar-refractivity contribution in [2.45, 2.75) is 19.1 Å². The van der Waals surface area contributed by atoms with Crippen LogP contribution in [-0.2, 0) is 17.8 Å². The number of hydrogen-bond acceptors (Lipinski definition) is 7. The van der Waals surface area contributed by atoms with Gasteiger partial charge in [-0.15, -0.1) is 0 Å². The van der Waals surface area contributed by atoms with Crippen molar-refractivity contribution in [2.24, 2.45) is 0 Å². The monoisotopic (exact) mass is 514 g/mol. The summed E-state index contributed by atoms with van der Waals surface area (Å²) in [6.07, 6.45) is 3.94. The molecule has 1 aromatic heterocycles. The Balaban J connectivity index is 1.53. The van der Waals surface area contributed by atoms with Gasteiger partial charge in [-0.2, -0.15) is 0 Å². The van der Waals surface area contributed by atoms with Gasteiger partial charge in [0.2, 0.25) is 5.91 Å². The van der Waals surface area contributed by atoms with Crippen LogP contribution in [-0.4, -0.2) is 40.6 Å². The molecule has 4 rings (SSSR count). The molecule has 0 saturated carbocycles. The van der Waals surface area contributed by atoms with Gasteiger partial charge in [0.1, 0.15) is 18.5 Å². The molecule has 38 heavy (non-hydrogen) atoms. The molecule has 1 amide bonds. The summed E-state index contributed by atoms with van der Waals surface area (Å²) in [5.74, 6) is 0.727. The molecule has 1 atom stereocenters. The number of carbonyl (C=O) groups excluding carboxylic acids is 1. The molecule has 3 aromatic carbocycles. The Morgan fingerprint density at radius 2 is 1.87 bits per heavy atom. The average molecular weight is 515 g/mol. The lowest BCUT2D eigenvalue weighted by Gasteiger charge is -2.21. The summed E-state index contributed by atoms with van der Waals surface area (Å²) < 4.78 is 11.6. The average Bonchev–Trinajstić information content (AvgIpc) is 3.48. The van der Waals surface area contributed by atoms with E-state index in [0.29, 0.717) is 47.9 Å². The second-order valence-electron chi connectivity index (χ2n) is 8.44. The van der Waals surface area contributed by atoms with Gasteiger partial charge in [-0.3, -0.25) is 20.9 Å². The summed E-state index contributed by atoms with van der Waals surface area (Å²) in [4.78, 5) is 20.4. The second kappa shape index (κ2) is 12.9. The summed E-state index contributed by atoms with van der Waals surface area (Å²) in [5, 5.41) is 22.9. The van der Waals surface area contributed by atoms with Crippen LogP contribution in [0.5, 0.6) is 11.5 Å². The number of nitrogens with one attached hydrogen (secondary N) is 5. The van der Waals surface area contributed by atoms with Crippen molar-refractivity contribution in [2.75, 3.05) is 19.0 Å². The topological polar surface area (TPSA) is 144 Å². The van der Waals surface area contributed by atoms with Crippen LogP contribution in [0.4, 0.5) is 5.69 Å². The molecule has 10 heteroatoms. The molecule has 0 fully saturated rings. The van der Waals surface area contributed by atoms with E-state index in [0.717, 1.165) is 11.3 Å². The van der Waals surface area contributed by atoms with E-state index in [-0.39, 0.29) is 11.7 Å². The number of nitrogens with zero attached hydrogens (tertiary/aromatic N) is 1. The lowest BCUT2D eigenvalue weighted by atomic mass is 10.0. The maximum absolute atomic E-state index is 13.3. The Morgan fingerprint density at radius 1 is 1.08 bits per heavy atom. The highest BCUT2D eigenvalue weighted by molar-refractivity contribution is 5.95. The smallest absolute Gasteiger partial charge is 0.247 e. The molecule has 0 spiro atoms. The number of carbonyl (C=O) groups is 1. The minimum Gasteiger partial charge on any atom is -0.493 e. The quantitative estimate of drug-likeness (QED) is 0.0958. The van der Waals surface area contributed by atoms with E-state index in [1.54, 1.807) is 56.0 Å². The number of benzene rings is 3. The Hall–Kier alpha value is -4.83. The number of amidine groups is 1. The number of ether oxygens (including phenoxy) is 2. The highest BCUT2D eigenvalue weighted by Crippen LogP contribution is 2.32. The number of aromatic nitrogens is 2. The molecule has 0 saturated heterocycles. The van der Waals surface area contributed by atoms with Gasteiger partial charge < -0.3 is 25.1 Å². The normalized spacial score (nSPS) is 11.3. The molecule has 0 aliphatic heterocycles. The van der Waals surface area contributed by atoms with Crippen molar-refractivity contribution in [3.8, 4) is 11.5 Å². The number of imidazole rings is 1. The lowest BCUT2D eigenvalue weighted by Crippen LogP contribution is -2.34. The highest BCUT2D eigenvalue weighted by Gasteiger charge is 2.22. The number of methoxy groups -OCH3 is 1. The summed E-state index contributed by atoms with van der Waals surface area (Å²) in [7, 11) is 1.56. The molecular weight excluding hydrogens is 484 g/mol. The third kappa shape index (κ3) is 6.89. The van der Waals surface area contributed by atoms with Gasteiger partial charge in [0.25, 0.3) is 0 Å². The van der Waals surface area contributed by atoms with E-state index >= 15 is 0 Å². The maximum atomic E-state index is 13.3. The summed E-state index contributed by atoms with van der Waals surface area (Å²) in [6.45, 7) is 0.809. The molecule has 10 nitrogen and oxygen atoms in total. The zero-order valence-electron chi connectivity index (χ0n) is 20.9. The van der Waals surface area contributed by atoms with Crippen LogP contribution < -0.4 is 25.6 Å². The van der Waals surface area contributed by atoms with Gasteiger partial charge in [0.05, 0.1) is 13.4 Å². The van der Waals surface area contributed by atoms with E-state index in [9.17, 15) is 4.79 Å². The van der Waals surface area contributed by atoms with Gasteiger partial charge in [-0.05, 0) is 47.5 Å². The third-order valence-corrected chi connectivity index (χ3v) is 5.87. The first-order valence-electron chi connectivity index (χ1n) is 12.0. The number of anilines is 1. The van der Waals surface area contributed by atoms with Crippen molar-refractivity contribution in [3.05, 3.63) is 108 Å². The van der Waals surface area contributed by atoms with Gasteiger partial charge in [-0.1, -0.05) is 36.4 Å². The predicted molar refractivity (Wildman–Crippen MR) is 144 cm³/mol. The number of amides is 1. The van der Waals surface area contributed by atoms with Crippen molar-refractivity contribution >= 4 is 17.4 Å². The van der Waals surface area contributed by atoms with Crippen LogP contribution in [0.1, 0.15) is 28.4 Å². The zero-order chi connectivity index (χ0) is 26.7. The fourth-order valence-corrected chi connectivity index (χ4v) is 3.83. The predicted octanol–water partition coefficient (Wildman–Crippen LogP) is 3.81. The number of H-pyrrole nitrogens is 1. The highest BCUT2D eigenvalue weighted by atomic mass is 16.5. The first-order valence-corrected chi connectivity index (χ1v) is 12.0. The van der Waals surface area contributed by atoms with E-state index in [1.165, 1.54) is 0 Å². The molecule has 6 N–H and O–H groups in total. The summed E-state index contributed by atoms with van der Waals surface area (Å²) >= 11 is 0. The van der Waals surface area contributed by atoms with Gasteiger partial charge in [-0.25, -0.2) is 4.98 Å². The minimum atomic E-state index is -0.741. The fourth-order valence-electron chi connectivity index (χ4n) is 3.83. The van der Waals surface area contributed by atoms with Crippen LogP contribution in [0.3, 0.4) is 0 Å². The fraction of sp³-hybridized carbons (Fsp3) is 0.179. The Labute approximate surface area is 220 Å². The van der Waals surface area contributed by atoms with Crippen molar-refractivity contribution in [1.82, 2.24) is 20.8 Å². The lowest BCUT2D eigenvalue weighted by molar-refractivity contribution is -0.121. The van der Waals surface area contributed by atoms with Crippen LogP contribution in [0, 0.1) is 5.41 Å². The molecule has 1 unspecified atom stereocenters. The first-order chi connectivity index (χ1) is 18.6. The SMILES string of the molecule is COc1cc(C(Nc2ccc(C(=N)NO)cc2)C(=O)NCCc2cnc[nH]2)ccc1OCc1ccccc1. The molecule has 0 bridgehead atoms. The zero-order valence-corrected chi connectivity index (χ0v) is 20.9. The van der Waals surface area contributed by atoms with Crippen molar-refractivity contribution < 1.29 is 19.5 Å². The Kier molecular flexibility index (Phi) is 8.93. The van der Waals surface area contributed by atoms with Crippen LogP contribution >= 0.6 is 0 Å². The third-order valence-electron chi connectivity index (χ3n) is 5.87. The van der Waals surface area contributed by atoms with Gasteiger partial charge in [0, 0.05) is 36.1 Å². The van der Waals surface area contributed by atoms with Crippen LogP contribution in [0.2, 0.25) is 0 Å². The Bertz CT molecular complexity index is 1330. The Morgan fingerprint density at radius 3 is 2.55 bits per heavy atom. The van der Waals surface area contributed by atoms with E-state index in [2.05, 4.69) is 20.6 Å². The standard InChI is InChI=1S/C28H30N6O4/c1-37-25-15-21(9-12-24(25)38-17-19-5-3-2-4-6-19)26(28(35)31-14-13-23-16-30-18-32-23)33-22-10-7-20(8-11-22)27(29)34-36/h2-12,15-16,18,26,33,36H,13-14,17H2,1H3,(H2,29,34)(H,30,32)(H,31,35). The van der Waals surface area contributed by atoms with E-state index < -0.39 is 6.04 Å².